The van der Waals surface area contributed by atoms with Crippen molar-refractivity contribution in [1.29, 1.82) is 5.26 Å². The van der Waals surface area contributed by atoms with Gasteiger partial charge in [0, 0.05) is 50.4 Å². The summed E-state index contributed by atoms with van der Waals surface area (Å²) in [5.74, 6) is -2.21. The van der Waals surface area contributed by atoms with Crippen LogP contribution in [0, 0.1) is 25.2 Å². The molecule has 0 radical (unpaired) electrons. The number of nitrogens with one attached hydrogen (secondary N) is 4. The van der Waals surface area contributed by atoms with Gasteiger partial charge in [0.25, 0.3) is 5.91 Å². The zero-order valence-corrected chi connectivity index (χ0v) is 39.0. The number of rotatable bonds is 17. The topological polar surface area (TPSA) is 292 Å². The summed E-state index contributed by atoms with van der Waals surface area (Å²) in [7, 11) is 3.05. The lowest BCUT2D eigenvalue weighted by Crippen LogP contribution is -2.56. The van der Waals surface area contributed by atoms with E-state index < -0.39 is 59.3 Å². The van der Waals surface area contributed by atoms with Crippen LogP contribution in [-0.2, 0) is 35.9 Å². The lowest BCUT2D eigenvalue weighted by Gasteiger charge is -2.32. The molecule has 1 aliphatic rings. The summed E-state index contributed by atoms with van der Waals surface area (Å²) in [5, 5.41) is 19.9. The number of amides is 5. The van der Waals surface area contributed by atoms with E-state index in [9.17, 15) is 29.2 Å². The maximum Gasteiger partial charge on any atom is 0.255 e. The third-order valence-electron chi connectivity index (χ3n) is 11.5. The molecule has 5 rings (SSSR count). The fraction of sp³-hybridized carbons (Fsp3) is 0.417. The Bertz CT molecular complexity index is 2470. The fourth-order valence-electron chi connectivity index (χ4n) is 7.67. The number of nitrogens with zero attached hydrogens (tertiary/aromatic N) is 4. The van der Waals surface area contributed by atoms with Crippen LogP contribution in [-0.4, -0.2) is 116 Å². The first-order valence-electron chi connectivity index (χ1n) is 22.0. The highest BCUT2D eigenvalue weighted by Gasteiger charge is 2.36. The second kappa shape index (κ2) is 23.0. The van der Waals surface area contributed by atoms with Crippen molar-refractivity contribution >= 4 is 29.5 Å². The zero-order valence-electron chi connectivity index (χ0n) is 39.0. The van der Waals surface area contributed by atoms with Gasteiger partial charge in [0.2, 0.25) is 23.6 Å². The molecular weight excluding hydrogens is 859 g/mol. The van der Waals surface area contributed by atoms with E-state index >= 15 is 0 Å². The molecule has 10 N–H and O–H groups in total. The summed E-state index contributed by atoms with van der Waals surface area (Å²) < 4.78 is 17.8. The number of carbonyl (C=O) groups is 5. The molecule has 0 saturated heterocycles. The van der Waals surface area contributed by atoms with Crippen LogP contribution in [0.3, 0.4) is 0 Å². The number of hydrogen-bond acceptors (Lipinski definition) is 14. The molecule has 0 aliphatic carbocycles. The van der Waals surface area contributed by atoms with Crippen molar-refractivity contribution in [2.75, 3.05) is 53.6 Å². The highest BCUT2D eigenvalue weighted by Crippen LogP contribution is 2.40. The van der Waals surface area contributed by atoms with Crippen molar-refractivity contribution < 1.29 is 38.2 Å². The molecule has 1 aromatic heterocycles. The van der Waals surface area contributed by atoms with Gasteiger partial charge in [-0.3, -0.25) is 24.0 Å². The van der Waals surface area contributed by atoms with Gasteiger partial charge in [0.05, 0.1) is 28.6 Å². The molecule has 3 aromatic carbocycles. The van der Waals surface area contributed by atoms with Crippen LogP contribution < -0.4 is 47.9 Å². The Hall–Kier alpha value is -6.98. The van der Waals surface area contributed by atoms with Crippen LogP contribution in [0.2, 0.25) is 0 Å². The largest absolute Gasteiger partial charge is 0.492 e. The van der Waals surface area contributed by atoms with Crippen LogP contribution in [0.15, 0.2) is 60.7 Å². The lowest BCUT2D eigenvalue weighted by atomic mass is 9.93. The first kappa shape index (κ1) is 51.0. The van der Waals surface area contributed by atoms with E-state index in [1.54, 1.807) is 57.4 Å². The first-order valence-corrected chi connectivity index (χ1v) is 22.0. The molecule has 0 fully saturated rings. The number of aromatic nitrogens is 2. The standard InChI is InChI=1S/C48H61N11O8/c1-27-40(28(2)55-42(54-27)31-9-12-33(13-10-31)48(4,5)65-7)45(62)57-36(16-17-49)47(64)59(6)41-32-11-15-39(67-23-20-52)35(26-32)34-24-30(8-14-38(34)66-22-19-51)25-37(44(61)53-21-18-50)58-43(60)29(3)56-46(41)63/h8-15,24,26,29,36-37,41H,16-17,19-23,25,49,51-52H2,1-7H3,(H,53,61)(H,56,63)(H,57,62)(H,58,60)/t29-,36?,37-,41-/m0/s1. The predicted octanol–water partition coefficient (Wildman–Crippen LogP) is 1.82. The highest BCUT2D eigenvalue weighted by molar-refractivity contribution is 6.00. The molecule has 67 heavy (non-hydrogen) atoms. The van der Waals surface area contributed by atoms with Crippen LogP contribution in [0.1, 0.15) is 71.7 Å². The molecule has 4 bridgehead atoms. The van der Waals surface area contributed by atoms with Crippen molar-refractivity contribution in [1.82, 2.24) is 36.1 Å². The fourth-order valence-corrected chi connectivity index (χ4v) is 7.67. The summed E-state index contributed by atoms with van der Waals surface area (Å²) in [6, 6.07) is 14.6. The van der Waals surface area contributed by atoms with Crippen molar-refractivity contribution in [3.05, 3.63) is 94.3 Å². The Labute approximate surface area is 390 Å². The third-order valence-corrected chi connectivity index (χ3v) is 11.5. The maximum atomic E-state index is 14.7. The van der Waals surface area contributed by atoms with Gasteiger partial charge in [-0.25, -0.2) is 9.97 Å². The second-order valence-corrected chi connectivity index (χ2v) is 16.6. The Balaban J connectivity index is 1.56. The number of fused-ring (bicyclic) bond motifs is 5. The summed E-state index contributed by atoms with van der Waals surface area (Å²) in [6.45, 7) is 9.05. The predicted molar refractivity (Wildman–Crippen MR) is 250 cm³/mol. The number of carbonyl (C=O) groups excluding carboxylic acids is 5. The normalized spacial score (nSPS) is 16.6. The molecule has 4 atom stereocenters. The minimum atomic E-state index is -1.41. The Morgan fingerprint density at radius 2 is 1.51 bits per heavy atom. The monoisotopic (exact) mass is 919 g/mol. The van der Waals surface area contributed by atoms with Gasteiger partial charge in [-0.15, -0.1) is 0 Å². The van der Waals surface area contributed by atoms with E-state index in [1.165, 1.54) is 18.9 Å². The molecular formula is C48H61N11O8. The smallest absolute Gasteiger partial charge is 0.255 e. The summed E-state index contributed by atoms with van der Waals surface area (Å²) in [6.07, 6.45) is -0.0120. The van der Waals surface area contributed by atoms with Crippen molar-refractivity contribution in [2.45, 2.75) is 77.2 Å². The van der Waals surface area contributed by atoms with Crippen molar-refractivity contribution in [3.8, 4) is 40.1 Å². The third kappa shape index (κ3) is 12.3. The SMILES string of the molecule is COC(C)(C)c1ccc(-c2nc(C)c(C(=O)NC(CCN)C(=O)N(C)[C@@H]3C(=O)N[C@@H](C)C(=O)N[C@H](C(=O)NCC#N)Cc4ccc(OCCN)c(c4)-c4cc3ccc4OCCN)c(C)n2)cc1. The molecule has 1 aliphatic heterocycles. The number of aryl methyl sites for hydroxylation is 2. The summed E-state index contributed by atoms with van der Waals surface area (Å²) in [4.78, 5) is 81.1. The van der Waals surface area contributed by atoms with Crippen molar-refractivity contribution in [2.24, 2.45) is 17.2 Å². The van der Waals surface area contributed by atoms with Gasteiger partial charge >= 0.3 is 0 Å². The van der Waals surface area contributed by atoms with Crippen molar-refractivity contribution in [3.63, 3.8) is 0 Å². The van der Waals surface area contributed by atoms with E-state index in [0.29, 0.717) is 51.0 Å². The Morgan fingerprint density at radius 1 is 0.896 bits per heavy atom. The van der Waals surface area contributed by atoms with Gasteiger partial charge in [-0.05, 0) is 88.5 Å². The summed E-state index contributed by atoms with van der Waals surface area (Å²) >= 11 is 0. The minimum Gasteiger partial charge on any atom is -0.492 e. The molecule has 1 unspecified atom stereocenters. The lowest BCUT2D eigenvalue weighted by molar-refractivity contribution is -0.141. The number of nitrogens with two attached hydrogens (primary N) is 3. The van der Waals surface area contributed by atoms with Gasteiger partial charge in [-0.2, -0.15) is 5.26 Å². The number of benzene rings is 3. The molecule has 5 amide bonds. The molecule has 356 valence electrons. The van der Waals surface area contributed by atoms with Gasteiger partial charge in [0.1, 0.15) is 55.4 Å². The zero-order chi connectivity index (χ0) is 49.0. The molecule has 19 heteroatoms. The molecule has 19 nitrogen and oxygen atoms in total. The van der Waals surface area contributed by atoms with Crippen LogP contribution in [0.4, 0.5) is 0 Å². The van der Waals surface area contributed by atoms with E-state index in [1.807, 2.05) is 44.2 Å². The second-order valence-electron chi connectivity index (χ2n) is 16.6. The van der Waals surface area contributed by atoms with Gasteiger partial charge in [0.15, 0.2) is 5.82 Å². The minimum absolute atomic E-state index is 0.00231. The van der Waals surface area contributed by atoms with E-state index in [0.717, 1.165) is 11.1 Å². The van der Waals surface area contributed by atoms with Crippen LogP contribution in [0.25, 0.3) is 22.5 Å². The Morgan fingerprint density at radius 3 is 2.09 bits per heavy atom. The molecule has 0 saturated carbocycles. The number of hydrogen-bond donors (Lipinski definition) is 7. The summed E-state index contributed by atoms with van der Waals surface area (Å²) in [5.41, 5.74) is 21.7. The number of ether oxygens (including phenoxy) is 3. The molecule has 0 spiro atoms. The van der Waals surface area contributed by atoms with E-state index in [4.69, 9.17) is 31.4 Å². The average molecular weight is 920 g/mol. The number of nitriles is 1. The van der Waals surface area contributed by atoms with Crippen LogP contribution >= 0.6 is 0 Å². The highest BCUT2D eigenvalue weighted by atomic mass is 16.5. The van der Waals surface area contributed by atoms with E-state index in [2.05, 4.69) is 31.2 Å². The van der Waals surface area contributed by atoms with Gasteiger partial charge < -0.3 is 57.6 Å². The van der Waals surface area contributed by atoms with Gasteiger partial charge in [-0.1, -0.05) is 36.4 Å². The average Bonchev–Trinajstić information content (AvgIpc) is 3.31. The first-order chi connectivity index (χ1) is 32.0. The molecule has 4 aromatic rings. The molecule has 2 heterocycles. The number of methoxy groups -OCH3 is 1. The quantitative estimate of drug-likeness (QED) is 0.0744. The van der Waals surface area contributed by atoms with Crippen LogP contribution in [0.5, 0.6) is 11.5 Å². The maximum absolute atomic E-state index is 14.7. The van der Waals surface area contributed by atoms with E-state index in [-0.39, 0.29) is 57.8 Å². The number of likely N-dealkylation sites (N-methyl/N-ethyl adjacent to an activating group) is 1. The Kier molecular flexibility index (Phi) is 17.5.